The number of oxazole rings is 1. The lowest BCUT2D eigenvalue weighted by Gasteiger charge is -2.03. The van der Waals surface area contributed by atoms with Crippen LogP contribution in [0.2, 0.25) is 0 Å². The van der Waals surface area contributed by atoms with E-state index in [0.29, 0.717) is 29.4 Å². The van der Waals surface area contributed by atoms with Gasteiger partial charge in [0.25, 0.3) is 57.0 Å². The van der Waals surface area contributed by atoms with Crippen LogP contribution in [-0.2, 0) is 46.7 Å². The number of hydrogen-bond donors (Lipinski definition) is 0. The summed E-state index contributed by atoms with van der Waals surface area (Å²) in [6.07, 6.45) is 34.2. The number of nitrogens with zero attached hydrogens (tertiary/aromatic N) is 28. The molecule has 0 amide bonds. The van der Waals surface area contributed by atoms with Gasteiger partial charge < -0.3 is 4.42 Å². The third-order valence-electron chi connectivity index (χ3n) is 19.5. The first-order valence-electron chi connectivity index (χ1n) is 34.4. The second-order valence-electron chi connectivity index (χ2n) is 25.1. The van der Waals surface area contributed by atoms with Crippen molar-refractivity contribution in [3.63, 3.8) is 0 Å². The zero-order valence-electron chi connectivity index (χ0n) is 57.1. The van der Waals surface area contributed by atoms with Gasteiger partial charge in [0.05, 0.1) is 75.0 Å². The van der Waals surface area contributed by atoms with Crippen LogP contribution in [0.3, 0.4) is 0 Å². The fraction of sp³-hybridized carbons (Fsp3) is 0.0959. The number of imidazole rings is 8. The van der Waals surface area contributed by atoms with Crippen molar-refractivity contribution in [2.24, 2.45) is 14.0 Å². The van der Waals surface area contributed by atoms with Crippen LogP contribution in [0.5, 0.6) is 0 Å². The Morgan fingerprint density at radius 2 is 1.00 bits per heavy atom. The van der Waals surface area contributed by atoms with Crippen LogP contribution in [0.1, 0.15) is 31.9 Å². The van der Waals surface area contributed by atoms with Crippen molar-refractivity contribution in [2.75, 3.05) is 0 Å². The molecule has 29 nitrogen and oxygen atoms in total. The molecular formula is C73H51N28OS+5. The molecule has 103 heavy (non-hydrogen) atoms. The van der Waals surface area contributed by atoms with E-state index in [1.165, 1.54) is 31.8 Å². The molecule has 0 unspecified atom stereocenters. The van der Waals surface area contributed by atoms with E-state index in [1.54, 1.807) is 91.9 Å². The molecule has 0 saturated heterocycles. The fourth-order valence-electron chi connectivity index (χ4n) is 15.1. The van der Waals surface area contributed by atoms with E-state index in [-0.39, 0.29) is 0 Å². The number of rotatable bonds is 1. The number of fused-ring (bicyclic) bond motifs is 35. The van der Waals surface area contributed by atoms with E-state index in [4.69, 9.17) is 18.5 Å². The van der Waals surface area contributed by atoms with Gasteiger partial charge in [-0.05, 0) is 52.4 Å². The summed E-state index contributed by atoms with van der Waals surface area (Å²) in [7, 11) is 2.06. The number of benzene rings is 1. The van der Waals surface area contributed by atoms with Crippen LogP contribution in [0.4, 0.5) is 0 Å². The minimum atomic E-state index is -2.34. The maximum Gasteiger partial charge on any atom is 0.390 e. The molecule has 5 aliphatic rings. The topological polar surface area (TPSA) is 263 Å². The summed E-state index contributed by atoms with van der Waals surface area (Å²) in [6.45, 7) is 1.45. The van der Waals surface area contributed by atoms with Crippen molar-refractivity contribution in [3.05, 3.63) is 243 Å². The highest BCUT2D eigenvalue weighted by atomic mass is 32.1. The van der Waals surface area contributed by atoms with E-state index in [9.17, 15) is 0 Å². The third-order valence-corrected chi connectivity index (χ3v) is 20.6. The van der Waals surface area contributed by atoms with Crippen molar-refractivity contribution < 1.29 is 31.4 Å². The molecule has 30 heteroatoms. The van der Waals surface area contributed by atoms with Crippen LogP contribution in [0, 0.1) is 0 Å². The number of aromatic nitrogens is 28. The molecule has 0 atom stereocenters. The van der Waals surface area contributed by atoms with Gasteiger partial charge in [-0.1, -0.05) is 64.9 Å². The standard InChI is InChI=1S/C19H13N6.2C14H11N6.C13H8N5O.C13H8N5S/c1-2-6-14(7-3-1)25-18-16-13(5-4-8-21-16)12-24(18)17-19(25)23-10-9-20-11-15(23)22-17;1-18-12-14(20-8-15-6-4-10(20)17-12)19-7-9-3-2-5-16-11(9)13(18)19;1-18-13-11-9(3-2-4-16-11)8-20(13)12-14(18)19-6-5-15-7-10(19)17-12;2*1-2-8-7-18-11-13(19-12(18)10(8)15-3-1)17-5-4-14-6-9(17)16-11/h1-11H,12H2;2-6,8H,7H2,1H3;2-7H,8H2,1H3;2*1-6H,7H2/q5*+1/i;1D3;;;. The lowest BCUT2D eigenvalue weighted by molar-refractivity contribution is -0.651. The van der Waals surface area contributed by atoms with E-state index < -0.39 is 6.98 Å². The summed E-state index contributed by atoms with van der Waals surface area (Å²) in [6, 6.07) is 32.3. The largest absolute Gasteiger partial charge is 0.395 e. The van der Waals surface area contributed by atoms with E-state index >= 15 is 0 Å². The Bertz CT molecular complexity index is 7090. The number of hydrogen-bond acceptors (Lipinski definition) is 17. The van der Waals surface area contributed by atoms with Crippen molar-refractivity contribution in [1.82, 2.24) is 110 Å². The molecule has 490 valence electrons. The Morgan fingerprint density at radius 1 is 0.437 bits per heavy atom. The molecule has 0 fully saturated rings. The highest BCUT2D eigenvalue weighted by molar-refractivity contribution is 7.20. The molecule has 21 aromatic rings. The van der Waals surface area contributed by atoms with Crippen LogP contribution in [-0.4, -0.2) is 110 Å². The first kappa shape index (κ1) is 53.8. The lowest BCUT2D eigenvalue weighted by Crippen LogP contribution is -2.32. The quantitative estimate of drug-likeness (QED) is 0.149. The van der Waals surface area contributed by atoms with Crippen molar-refractivity contribution in [3.8, 4) is 62.5 Å². The van der Waals surface area contributed by atoms with Gasteiger partial charge in [-0.25, -0.2) is 65.7 Å². The predicted octanol–water partition coefficient (Wildman–Crippen LogP) is 7.09. The van der Waals surface area contributed by atoms with Crippen LogP contribution in [0.25, 0.3) is 146 Å². The number of pyridine rings is 5. The number of para-hydroxylation sites is 1. The first-order valence-corrected chi connectivity index (χ1v) is 33.8. The molecule has 20 aromatic heterocycles. The Hall–Kier alpha value is -14.2. The van der Waals surface area contributed by atoms with E-state index in [2.05, 4.69) is 161 Å². The minimum absolute atomic E-state index is 0.421. The van der Waals surface area contributed by atoms with Gasteiger partial charge in [-0.3, -0.25) is 33.7 Å². The highest BCUT2D eigenvalue weighted by Crippen LogP contribution is 2.37. The molecule has 0 saturated carbocycles. The van der Waals surface area contributed by atoms with Crippen molar-refractivity contribution >= 4 is 95.3 Å². The average Bonchev–Trinajstić information content (AvgIpc) is 1.55. The number of thiazole rings is 1. The summed E-state index contributed by atoms with van der Waals surface area (Å²) in [5.41, 5.74) is 23.6. The molecule has 0 N–H and O–H groups in total. The smallest absolute Gasteiger partial charge is 0.390 e. The Labute approximate surface area is 586 Å². The molecule has 26 rings (SSSR count). The maximum atomic E-state index is 7.95. The van der Waals surface area contributed by atoms with Gasteiger partial charge >= 0.3 is 28.5 Å². The molecule has 0 spiro atoms. The fourth-order valence-corrected chi connectivity index (χ4v) is 16.3. The maximum absolute atomic E-state index is 7.95. The molecule has 0 aliphatic carbocycles. The monoisotopic (exact) mass is 1370 g/mol. The van der Waals surface area contributed by atoms with Gasteiger partial charge in [-0.15, -0.1) is 0 Å². The Balaban J connectivity index is 0.0000000830. The second-order valence-corrected chi connectivity index (χ2v) is 26.1. The summed E-state index contributed by atoms with van der Waals surface area (Å²) in [4.78, 5) is 67.5. The highest BCUT2D eigenvalue weighted by Gasteiger charge is 2.41. The molecule has 0 radical (unpaired) electrons. The third kappa shape index (κ3) is 8.27. The summed E-state index contributed by atoms with van der Waals surface area (Å²) < 4.78 is 56.2. The minimum Gasteiger partial charge on any atom is -0.395 e. The van der Waals surface area contributed by atoms with Gasteiger partial charge in [-0.2, -0.15) is 18.9 Å². The summed E-state index contributed by atoms with van der Waals surface area (Å²) in [5.74, 6) is 3.53. The van der Waals surface area contributed by atoms with Crippen LogP contribution < -0.4 is 22.8 Å². The normalized spacial score (nSPS) is 13.5. The number of aryl methyl sites for hydroxylation is 2. The van der Waals surface area contributed by atoms with E-state index in [0.717, 1.165) is 150 Å². The molecule has 25 heterocycles. The molecule has 5 aliphatic heterocycles. The SMILES string of the molecule is C[n+]1c2n(c3nc4cnccn4c31)Cc1cccnc1-2.[2H]C([2H])([2H])n1c2[n+](c3c1nc1ccncn13)Cc1cccnc1-2.c1ccc(-n2c3[n+](c4nc5cnccn5c42)Cc2cccnc2-3)cc1.c1cnc2c(c1)C[n+]1c-2oc2c1nc1cnccn12.c1cnc2c(c1)C[n+]1c-2sc2c1nc1cnccn12. The van der Waals surface area contributed by atoms with Gasteiger partial charge in [0, 0.05) is 108 Å². The first-order chi connectivity index (χ1) is 52.1. The Kier molecular flexibility index (Phi) is 11.3. The van der Waals surface area contributed by atoms with E-state index in [1.807, 2.05) is 99.2 Å². The zero-order chi connectivity index (χ0) is 70.2. The van der Waals surface area contributed by atoms with Gasteiger partial charge in [0.1, 0.15) is 41.6 Å². The van der Waals surface area contributed by atoms with Gasteiger partial charge in [0.2, 0.25) is 26.8 Å². The van der Waals surface area contributed by atoms with Crippen LogP contribution >= 0.6 is 11.3 Å². The molecule has 1 aromatic carbocycles. The Morgan fingerprint density at radius 3 is 1.74 bits per heavy atom. The molecule has 0 bridgehead atoms. The van der Waals surface area contributed by atoms with Crippen molar-refractivity contribution in [2.45, 2.75) is 32.7 Å². The van der Waals surface area contributed by atoms with Crippen molar-refractivity contribution in [1.29, 1.82) is 0 Å². The molecular weight excluding hydrogens is 1320 g/mol. The second kappa shape index (κ2) is 21.7. The summed E-state index contributed by atoms with van der Waals surface area (Å²) >= 11 is 1.74. The van der Waals surface area contributed by atoms with Gasteiger partial charge in [0.15, 0.2) is 12.0 Å². The zero-order valence-corrected chi connectivity index (χ0v) is 54.9. The van der Waals surface area contributed by atoms with Crippen LogP contribution in [0.15, 0.2) is 219 Å². The predicted molar refractivity (Wildman–Crippen MR) is 373 cm³/mol. The average molecular weight is 1370 g/mol. The lowest BCUT2D eigenvalue weighted by atomic mass is 10.2. The summed E-state index contributed by atoms with van der Waals surface area (Å²) in [5, 5.41) is 1.19.